The van der Waals surface area contributed by atoms with E-state index in [0.717, 1.165) is 16.3 Å². The van der Waals surface area contributed by atoms with Gasteiger partial charge in [-0.05, 0) is 35.2 Å². The Morgan fingerprint density at radius 2 is 1.67 bits per heavy atom. The van der Waals surface area contributed by atoms with Gasteiger partial charge in [-0.2, -0.15) is 0 Å². The molecule has 0 saturated carbocycles. The van der Waals surface area contributed by atoms with E-state index in [-0.39, 0.29) is 10.3 Å². The number of pyridine rings is 1. The second kappa shape index (κ2) is 5.91. The first-order valence-electron chi connectivity index (χ1n) is 7.73. The van der Waals surface area contributed by atoms with Gasteiger partial charge in [-0.15, -0.1) is 0 Å². The Kier molecular flexibility index (Phi) is 4.05. The van der Waals surface area contributed by atoms with Gasteiger partial charge in [-0.25, -0.2) is 8.42 Å². The van der Waals surface area contributed by atoms with Crippen LogP contribution in [0.15, 0.2) is 65.8 Å². The molecule has 3 rings (SSSR count). The molecule has 2 aromatic carbocycles. The average Bonchev–Trinajstić information content (AvgIpc) is 2.54. The number of sulfonamides is 1. The van der Waals surface area contributed by atoms with Crippen molar-refractivity contribution in [2.45, 2.75) is 31.1 Å². The van der Waals surface area contributed by atoms with E-state index in [4.69, 9.17) is 0 Å². The molecule has 0 aliphatic heterocycles. The first kappa shape index (κ1) is 16.5. The minimum absolute atomic E-state index is 0.0155. The van der Waals surface area contributed by atoms with Crippen molar-refractivity contribution in [2.24, 2.45) is 0 Å². The third kappa shape index (κ3) is 3.26. The largest absolute Gasteiger partial charge is 0.279 e. The van der Waals surface area contributed by atoms with Crippen LogP contribution >= 0.6 is 0 Å². The quantitative estimate of drug-likeness (QED) is 0.772. The summed E-state index contributed by atoms with van der Waals surface area (Å²) in [5.41, 5.74) is 1.63. The highest BCUT2D eigenvalue weighted by Gasteiger charge is 2.18. The van der Waals surface area contributed by atoms with Crippen LogP contribution in [0.2, 0.25) is 0 Å². The predicted octanol–water partition coefficient (Wildman–Crippen LogP) is 4.33. The van der Waals surface area contributed by atoms with Crippen molar-refractivity contribution in [3.05, 3.63) is 66.5 Å². The molecule has 0 aliphatic carbocycles. The number of hydrogen-bond donors (Lipinski definition) is 1. The van der Waals surface area contributed by atoms with Gasteiger partial charge in [-0.1, -0.05) is 45.0 Å². The van der Waals surface area contributed by atoms with E-state index in [2.05, 4.69) is 30.5 Å². The fraction of sp³-hybridized carbons (Fsp3) is 0.211. The molecule has 24 heavy (non-hydrogen) atoms. The number of rotatable bonds is 3. The minimum Gasteiger partial charge on any atom is -0.279 e. The zero-order chi connectivity index (χ0) is 17.4. The van der Waals surface area contributed by atoms with Crippen molar-refractivity contribution in [2.75, 3.05) is 4.72 Å². The van der Waals surface area contributed by atoms with E-state index in [1.807, 2.05) is 24.3 Å². The van der Waals surface area contributed by atoms with E-state index >= 15 is 0 Å². The van der Waals surface area contributed by atoms with Gasteiger partial charge in [0, 0.05) is 23.2 Å². The molecular weight excluding hydrogens is 320 g/mol. The zero-order valence-electron chi connectivity index (χ0n) is 13.9. The smallest absolute Gasteiger partial charge is 0.261 e. The monoisotopic (exact) mass is 340 g/mol. The van der Waals surface area contributed by atoms with E-state index < -0.39 is 10.0 Å². The third-order valence-electron chi connectivity index (χ3n) is 3.96. The first-order valence-corrected chi connectivity index (χ1v) is 9.22. The number of nitrogens with zero attached hydrogens (tertiary/aromatic N) is 1. The van der Waals surface area contributed by atoms with E-state index in [0.29, 0.717) is 5.69 Å². The number of fused-ring (bicyclic) bond motifs is 1. The van der Waals surface area contributed by atoms with Gasteiger partial charge < -0.3 is 0 Å². The number of anilines is 1. The van der Waals surface area contributed by atoms with Crippen molar-refractivity contribution in [1.29, 1.82) is 0 Å². The summed E-state index contributed by atoms with van der Waals surface area (Å²) in [4.78, 5) is 4.32. The summed E-state index contributed by atoms with van der Waals surface area (Å²) in [6, 6.07) is 14.3. The number of hydrogen-bond acceptors (Lipinski definition) is 3. The normalized spacial score (nSPS) is 12.3. The lowest BCUT2D eigenvalue weighted by Gasteiger charge is -2.19. The standard InChI is InChI=1S/C19H20N2O2S/c1-19(2,3)15-7-9-16(10-8-15)24(22,23)21-18-6-4-5-14-13-20-12-11-17(14)18/h4-13,21H,1-3H3. The molecule has 0 amide bonds. The van der Waals surface area contributed by atoms with Crippen molar-refractivity contribution in [3.63, 3.8) is 0 Å². The second-order valence-electron chi connectivity index (χ2n) is 6.78. The molecule has 1 N–H and O–H groups in total. The Morgan fingerprint density at radius 1 is 0.958 bits per heavy atom. The van der Waals surface area contributed by atoms with Crippen LogP contribution in [-0.4, -0.2) is 13.4 Å². The van der Waals surface area contributed by atoms with Crippen LogP contribution in [0.3, 0.4) is 0 Å². The molecule has 0 bridgehead atoms. The molecule has 0 radical (unpaired) electrons. The molecule has 1 aromatic heterocycles. The second-order valence-corrected chi connectivity index (χ2v) is 8.46. The lowest BCUT2D eigenvalue weighted by Crippen LogP contribution is -2.15. The molecule has 0 atom stereocenters. The Morgan fingerprint density at radius 3 is 2.33 bits per heavy atom. The summed E-state index contributed by atoms with van der Waals surface area (Å²) in [5, 5.41) is 1.71. The van der Waals surface area contributed by atoms with Crippen LogP contribution in [0.1, 0.15) is 26.3 Å². The molecule has 3 aromatic rings. The fourth-order valence-corrected chi connectivity index (χ4v) is 3.63. The number of aromatic nitrogens is 1. The van der Waals surface area contributed by atoms with Crippen molar-refractivity contribution < 1.29 is 8.42 Å². The minimum atomic E-state index is -3.64. The van der Waals surface area contributed by atoms with E-state index in [9.17, 15) is 8.42 Å². The van der Waals surface area contributed by atoms with Crippen LogP contribution in [0, 0.1) is 0 Å². The lowest BCUT2D eigenvalue weighted by atomic mass is 9.87. The summed E-state index contributed by atoms with van der Waals surface area (Å²) in [7, 11) is -3.64. The van der Waals surface area contributed by atoms with Gasteiger partial charge in [0.25, 0.3) is 10.0 Å². The summed E-state index contributed by atoms with van der Waals surface area (Å²) >= 11 is 0. The number of nitrogens with one attached hydrogen (secondary N) is 1. The molecule has 124 valence electrons. The molecule has 0 saturated heterocycles. The van der Waals surface area contributed by atoms with Crippen LogP contribution in [0.5, 0.6) is 0 Å². The first-order chi connectivity index (χ1) is 11.3. The molecule has 0 aliphatic rings. The Labute approximate surface area is 142 Å². The maximum Gasteiger partial charge on any atom is 0.261 e. The topological polar surface area (TPSA) is 59.1 Å². The molecule has 0 spiro atoms. The summed E-state index contributed by atoms with van der Waals surface area (Å²) in [5.74, 6) is 0. The molecular formula is C19H20N2O2S. The molecule has 0 fully saturated rings. The zero-order valence-corrected chi connectivity index (χ0v) is 14.8. The molecule has 5 heteroatoms. The van der Waals surface area contributed by atoms with Gasteiger partial charge in [0.2, 0.25) is 0 Å². The van der Waals surface area contributed by atoms with Crippen molar-refractivity contribution in [1.82, 2.24) is 4.98 Å². The highest BCUT2D eigenvalue weighted by atomic mass is 32.2. The summed E-state index contributed by atoms with van der Waals surface area (Å²) < 4.78 is 28.0. The van der Waals surface area contributed by atoms with Crippen LogP contribution < -0.4 is 4.72 Å². The van der Waals surface area contributed by atoms with Gasteiger partial charge in [0.1, 0.15) is 0 Å². The maximum absolute atomic E-state index is 12.7. The van der Waals surface area contributed by atoms with Gasteiger partial charge >= 0.3 is 0 Å². The molecule has 0 unspecified atom stereocenters. The predicted molar refractivity (Wildman–Crippen MR) is 97.7 cm³/mol. The number of benzene rings is 2. The SMILES string of the molecule is CC(C)(C)c1ccc(S(=O)(=O)Nc2cccc3cnccc23)cc1. The lowest BCUT2D eigenvalue weighted by molar-refractivity contribution is 0.587. The Hall–Kier alpha value is -2.40. The average molecular weight is 340 g/mol. The van der Waals surface area contributed by atoms with E-state index in [1.165, 1.54) is 0 Å². The highest BCUT2D eigenvalue weighted by molar-refractivity contribution is 7.92. The summed E-state index contributed by atoms with van der Waals surface area (Å²) in [6.07, 6.45) is 3.36. The van der Waals surface area contributed by atoms with Crippen LogP contribution in [0.25, 0.3) is 10.8 Å². The molecule has 1 heterocycles. The van der Waals surface area contributed by atoms with Gasteiger partial charge in [0.15, 0.2) is 0 Å². The van der Waals surface area contributed by atoms with Gasteiger partial charge in [-0.3, -0.25) is 9.71 Å². The van der Waals surface area contributed by atoms with Crippen molar-refractivity contribution >= 4 is 26.5 Å². The Bertz CT molecular complexity index is 967. The van der Waals surface area contributed by atoms with Crippen LogP contribution in [-0.2, 0) is 15.4 Å². The fourth-order valence-electron chi connectivity index (χ4n) is 2.55. The summed E-state index contributed by atoms with van der Waals surface area (Å²) in [6.45, 7) is 6.29. The van der Waals surface area contributed by atoms with E-state index in [1.54, 1.807) is 36.7 Å². The third-order valence-corrected chi connectivity index (χ3v) is 5.34. The molecule has 4 nitrogen and oxygen atoms in total. The van der Waals surface area contributed by atoms with Gasteiger partial charge in [0.05, 0.1) is 10.6 Å². The van der Waals surface area contributed by atoms with Crippen LogP contribution in [0.4, 0.5) is 5.69 Å². The van der Waals surface area contributed by atoms with Crippen molar-refractivity contribution in [3.8, 4) is 0 Å². The highest BCUT2D eigenvalue weighted by Crippen LogP contribution is 2.27. The maximum atomic E-state index is 12.7. The Balaban J connectivity index is 1.96.